The summed E-state index contributed by atoms with van der Waals surface area (Å²) in [4.78, 5) is 5.14. The molecule has 2 aliphatic heterocycles. The first-order chi connectivity index (χ1) is 22.3. The summed E-state index contributed by atoms with van der Waals surface area (Å²) in [7, 11) is 0. The predicted molar refractivity (Wildman–Crippen MR) is 201 cm³/mol. The van der Waals surface area contributed by atoms with Crippen molar-refractivity contribution in [1.29, 1.82) is 0 Å². The Morgan fingerprint density at radius 2 is 1.46 bits per heavy atom. The zero-order chi connectivity index (χ0) is 32.3. The number of hydrogen-bond acceptors (Lipinski definition) is 2. The largest absolute Gasteiger partial charge is 0.344 e. The van der Waals surface area contributed by atoms with E-state index in [0.29, 0.717) is 11.8 Å². The Kier molecular flexibility index (Phi) is 10.0. The number of halogens is 2. The maximum atomic E-state index is 6.19. The lowest BCUT2D eigenvalue weighted by Crippen LogP contribution is -2.28. The van der Waals surface area contributed by atoms with Crippen molar-refractivity contribution in [2.45, 2.75) is 69.1 Å². The van der Waals surface area contributed by atoms with Crippen molar-refractivity contribution in [3.8, 4) is 0 Å². The Bertz CT molecular complexity index is 1740. The van der Waals surface area contributed by atoms with Gasteiger partial charge in [0, 0.05) is 69.0 Å². The highest BCUT2D eigenvalue weighted by Gasteiger charge is 2.44. The number of fused-ring (bicyclic) bond motifs is 2. The second kappa shape index (κ2) is 14.0. The van der Waals surface area contributed by atoms with Crippen LogP contribution in [0.5, 0.6) is 0 Å². The molecule has 5 heteroatoms. The molecule has 0 aromatic heterocycles. The molecule has 1 aliphatic carbocycles. The van der Waals surface area contributed by atoms with Crippen molar-refractivity contribution in [1.82, 2.24) is 0 Å². The normalized spacial score (nSPS) is 20.1. The van der Waals surface area contributed by atoms with E-state index in [1.165, 1.54) is 54.9 Å². The van der Waals surface area contributed by atoms with Gasteiger partial charge in [-0.2, -0.15) is 4.58 Å². The third-order valence-electron chi connectivity index (χ3n) is 9.72. The lowest BCUT2D eigenvalue weighted by atomic mass is 9.81. The highest BCUT2D eigenvalue weighted by molar-refractivity contribution is 8.03. The van der Waals surface area contributed by atoms with Crippen molar-refractivity contribution in [2.24, 2.45) is 0 Å². The number of benzene rings is 3. The number of anilines is 1. The minimum absolute atomic E-state index is 0.0794. The number of alkyl halides is 2. The molecule has 0 amide bonds. The maximum absolute atomic E-state index is 6.19. The molecule has 0 spiro atoms. The van der Waals surface area contributed by atoms with Gasteiger partial charge in [-0.15, -0.1) is 23.2 Å². The summed E-state index contributed by atoms with van der Waals surface area (Å²) in [6.07, 6.45) is 13.5. The van der Waals surface area contributed by atoms with Crippen LogP contribution in [0, 0.1) is 0 Å². The van der Waals surface area contributed by atoms with Crippen molar-refractivity contribution in [3.05, 3.63) is 136 Å². The molecule has 6 rings (SSSR count). The van der Waals surface area contributed by atoms with Gasteiger partial charge in [-0.25, -0.2) is 0 Å². The molecule has 0 atom stereocenters. The third-order valence-corrected chi connectivity index (χ3v) is 11.5. The molecule has 0 unspecified atom stereocenters. The molecule has 3 aromatic carbocycles. The van der Waals surface area contributed by atoms with Gasteiger partial charge in [0.1, 0.15) is 0 Å². The van der Waals surface area contributed by atoms with Gasteiger partial charge in [0.15, 0.2) is 12.3 Å². The second-order valence-corrected chi connectivity index (χ2v) is 15.2. The smallest absolute Gasteiger partial charge is 0.209 e. The lowest BCUT2D eigenvalue weighted by Gasteiger charge is -2.27. The highest BCUT2D eigenvalue weighted by Crippen LogP contribution is 2.49. The van der Waals surface area contributed by atoms with Gasteiger partial charge in [0.05, 0.1) is 5.41 Å². The lowest BCUT2D eigenvalue weighted by molar-refractivity contribution is -0.437. The van der Waals surface area contributed by atoms with Gasteiger partial charge < -0.3 is 4.90 Å². The number of hydrogen-bond donors (Lipinski definition) is 0. The molecule has 2 nitrogen and oxygen atoms in total. The van der Waals surface area contributed by atoms with Crippen LogP contribution in [-0.2, 0) is 10.8 Å². The Balaban J connectivity index is 1.41. The van der Waals surface area contributed by atoms with E-state index in [-0.39, 0.29) is 10.8 Å². The van der Waals surface area contributed by atoms with E-state index in [2.05, 4.69) is 140 Å². The van der Waals surface area contributed by atoms with E-state index in [1.807, 2.05) is 11.8 Å². The van der Waals surface area contributed by atoms with E-state index >= 15 is 0 Å². The summed E-state index contributed by atoms with van der Waals surface area (Å²) >= 11 is 14.3. The summed E-state index contributed by atoms with van der Waals surface area (Å²) in [6, 6.07) is 28.5. The van der Waals surface area contributed by atoms with Gasteiger partial charge in [-0.3, -0.25) is 0 Å². The molecular formula is C41H45Cl2N2S+. The standard InChI is InChI=1S/C41H45Cl2N2S/c1-40(2)33-16-8-10-18-35(33)44(28-12-26-42)37(40)24-22-30-20-21-31(39(30)46-32-14-6-5-7-15-32)23-25-38-41(3,4)34-17-9-11-19-36(34)45(38)29-13-27-43/h5-11,14-19,22-25H,12-13,20-21,26-29H2,1-4H3/q+1. The van der Waals surface area contributed by atoms with Gasteiger partial charge in [-0.1, -0.05) is 92.4 Å². The van der Waals surface area contributed by atoms with Crippen molar-refractivity contribution in [2.75, 3.05) is 29.7 Å². The molecule has 0 bridgehead atoms. The second-order valence-electron chi connectivity index (χ2n) is 13.4. The molecule has 0 saturated heterocycles. The molecular weight excluding hydrogens is 623 g/mol. The summed E-state index contributed by atoms with van der Waals surface area (Å²) in [6.45, 7) is 11.2. The van der Waals surface area contributed by atoms with E-state index in [1.54, 1.807) is 0 Å². The van der Waals surface area contributed by atoms with Gasteiger partial charge >= 0.3 is 0 Å². The minimum atomic E-state index is -0.0794. The third kappa shape index (κ3) is 6.31. The minimum Gasteiger partial charge on any atom is -0.344 e. The van der Waals surface area contributed by atoms with Crippen LogP contribution >= 0.6 is 35.0 Å². The molecule has 238 valence electrons. The number of allylic oxidation sites excluding steroid dienone is 7. The first-order valence-corrected chi connectivity index (χ1v) is 18.4. The molecule has 0 fully saturated rings. The van der Waals surface area contributed by atoms with Crippen LogP contribution in [0.3, 0.4) is 0 Å². The summed E-state index contributed by atoms with van der Waals surface area (Å²) in [5.41, 5.74) is 10.7. The van der Waals surface area contributed by atoms with Crippen LogP contribution in [0.25, 0.3) is 0 Å². The Morgan fingerprint density at radius 1 is 0.761 bits per heavy atom. The fourth-order valence-electron chi connectivity index (χ4n) is 7.32. The molecule has 46 heavy (non-hydrogen) atoms. The van der Waals surface area contributed by atoms with Crippen molar-refractivity contribution >= 4 is 52.1 Å². The number of rotatable bonds is 11. The van der Waals surface area contributed by atoms with Crippen LogP contribution in [0.15, 0.2) is 130 Å². The van der Waals surface area contributed by atoms with Crippen molar-refractivity contribution in [3.63, 3.8) is 0 Å². The van der Waals surface area contributed by atoms with Crippen LogP contribution in [0.1, 0.15) is 64.5 Å². The van der Waals surface area contributed by atoms with E-state index in [0.717, 1.165) is 38.8 Å². The molecule has 0 saturated carbocycles. The van der Waals surface area contributed by atoms with E-state index in [9.17, 15) is 0 Å². The van der Waals surface area contributed by atoms with Crippen LogP contribution in [0.4, 0.5) is 11.4 Å². The molecule has 0 radical (unpaired) electrons. The average Bonchev–Trinajstić information content (AvgIpc) is 3.62. The monoisotopic (exact) mass is 667 g/mol. The summed E-state index contributed by atoms with van der Waals surface area (Å²) in [5.74, 6) is 1.32. The van der Waals surface area contributed by atoms with Crippen LogP contribution < -0.4 is 4.90 Å². The number of thioether (sulfide) groups is 1. The van der Waals surface area contributed by atoms with E-state index in [4.69, 9.17) is 23.2 Å². The van der Waals surface area contributed by atoms with Crippen molar-refractivity contribution < 1.29 is 4.58 Å². The fourth-order valence-corrected chi connectivity index (χ4v) is 8.69. The van der Waals surface area contributed by atoms with Crippen LogP contribution in [0.2, 0.25) is 0 Å². The summed E-state index contributed by atoms with van der Waals surface area (Å²) in [5, 5.41) is 0. The molecule has 2 heterocycles. The van der Waals surface area contributed by atoms with Gasteiger partial charge in [0.25, 0.3) is 0 Å². The quantitative estimate of drug-likeness (QED) is 0.148. The predicted octanol–water partition coefficient (Wildman–Crippen LogP) is 11.3. The Hall–Kier alpha value is -2.98. The molecule has 0 N–H and O–H groups in total. The first kappa shape index (κ1) is 32.9. The molecule has 3 aromatic rings. The molecule has 3 aliphatic rings. The first-order valence-electron chi connectivity index (χ1n) is 16.6. The SMILES string of the molecule is CC1(C)C(=CC=C2CCC(C=CC3=[N+](CCCCl)c4ccccc4C3(C)C)=C2Sc2ccccc2)N(CCCCl)c2ccccc21. The zero-order valence-corrected chi connectivity index (χ0v) is 29.9. The van der Waals surface area contributed by atoms with Gasteiger partial charge in [-0.05, 0) is 74.1 Å². The summed E-state index contributed by atoms with van der Waals surface area (Å²) < 4.78 is 2.49. The van der Waals surface area contributed by atoms with E-state index < -0.39 is 0 Å². The Labute approximate surface area is 290 Å². The maximum Gasteiger partial charge on any atom is 0.209 e. The van der Waals surface area contributed by atoms with Crippen LogP contribution in [-0.4, -0.2) is 35.1 Å². The highest BCUT2D eigenvalue weighted by atomic mass is 35.5. The number of para-hydroxylation sites is 2. The Morgan fingerprint density at radius 3 is 2.22 bits per heavy atom. The number of nitrogens with zero attached hydrogens (tertiary/aromatic N) is 2. The fraction of sp³-hybridized carbons (Fsp3) is 0.341. The zero-order valence-electron chi connectivity index (χ0n) is 27.5. The topological polar surface area (TPSA) is 6.25 Å². The average molecular weight is 669 g/mol. The van der Waals surface area contributed by atoms with Gasteiger partial charge in [0.2, 0.25) is 5.69 Å².